The van der Waals surface area contributed by atoms with E-state index in [2.05, 4.69) is 5.32 Å². The van der Waals surface area contributed by atoms with Gasteiger partial charge in [-0.3, -0.25) is 23.5 Å². The summed E-state index contributed by atoms with van der Waals surface area (Å²) in [5.74, 6) is -0.925. The molecule has 0 radical (unpaired) electrons. The highest BCUT2D eigenvalue weighted by molar-refractivity contribution is 5.93. The quantitative estimate of drug-likeness (QED) is 0.663. The molecule has 1 aliphatic heterocycles. The molecular formula is C15H23N5O4. The van der Waals surface area contributed by atoms with Crippen LogP contribution < -0.4 is 16.6 Å². The van der Waals surface area contributed by atoms with Crippen LogP contribution in [0.3, 0.4) is 0 Å². The van der Waals surface area contributed by atoms with Gasteiger partial charge in [-0.05, 0) is 7.05 Å². The van der Waals surface area contributed by atoms with Crippen LogP contribution >= 0.6 is 0 Å². The number of carbonyl (C=O) groups excluding carboxylic acids is 2. The molecule has 1 atom stereocenters. The molecule has 1 N–H and O–H groups in total. The van der Waals surface area contributed by atoms with Crippen molar-refractivity contribution in [2.45, 2.75) is 0 Å². The Morgan fingerprint density at radius 3 is 2.38 bits per heavy atom. The van der Waals surface area contributed by atoms with Crippen LogP contribution in [0.5, 0.6) is 0 Å². The number of likely N-dealkylation sites (N-methyl/N-ethyl adjacent to an activating group) is 1. The van der Waals surface area contributed by atoms with E-state index < -0.39 is 17.2 Å². The molecule has 0 aliphatic carbocycles. The highest BCUT2D eigenvalue weighted by Crippen LogP contribution is 2.11. The average molecular weight is 337 g/mol. The fraction of sp³-hybridized carbons (Fsp3) is 0.600. The summed E-state index contributed by atoms with van der Waals surface area (Å²) in [4.78, 5) is 52.2. The van der Waals surface area contributed by atoms with E-state index in [0.29, 0.717) is 19.6 Å². The molecule has 24 heavy (non-hydrogen) atoms. The first-order valence-corrected chi connectivity index (χ1v) is 7.72. The minimum absolute atomic E-state index is 0.0308. The monoisotopic (exact) mass is 337 g/mol. The van der Waals surface area contributed by atoms with Crippen molar-refractivity contribution in [3.63, 3.8) is 0 Å². The first kappa shape index (κ1) is 17.9. The molecule has 9 nitrogen and oxygen atoms in total. The number of hydrogen-bond donors (Lipinski definition) is 1. The van der Waals surface area contributed by atoms with Crippen molar-refractivity contribution in [1.82, 2.24) is 24.3 Å². The lowest BCUT2D eigenvalue weighted by Crippen LogP contribution is -2.45. The standard InChI is InChI=1S/C15H23N5O4/c1-16-13(22)10-8-17(2)5-6-20(9-10)14(23)11-7-12(21)19(4)15(24)18(11)3/h7,10H,5-6,8-9H2,1-4H3,(H,16,22)/t10-/m1/s1. The zero-order valence-electron chi connectivity index (χ0n) is 14.4. The van der Waals surface area contributed by atoms with Crippen molar-refractivity contribution in [1.29, 1.82) is 0 Å². The highest BCUT2D eigenvalue weighted by atomic mass is 16.2. The predicted octanol–water partition coefficient (Wildman–Crippen LogP) is -2.17. The molecule has 2 heterocycles. The van der Waals surface area contributed by atoms with E-state index in [1.54, 1.807) is 7.05 Å². The second kappa shape index (κ2) is 7.00. The fourth-order valence-electron chi connectivity index (χ4n) is 2.83. The van der Waals surface area contributed by atoms with Gasteiger partial charge in [0.15, 0.2) is 0 Å². The summed E-state index contributed by atoms with van der Waals surface area (Å²) in [6.45, 7) is 1.81. The molecule has 2 rings (SSSR count). The Kier molecular flexibility index (Phi) is 5.23. The summed E-state index contributed by atoms with van der Waals surface area (Å²) in [5.41, 5.74) is -1.06. The van der Waals surface area contributed by atoms with Crippen LogP contribution in [0.15, 0.2) is 15.7 Å². The maximum absolute atomic E-state index is 12.8. The number of rotatable bonds is 2. The molecule has 132 valence electrons. The number of carbonyl (C=O) groups is 2. The first-order chi connectivity index (χ1) is 11.3. The molecule has 9 heteroatoms. The van der Waals surface area contributed by atoms with Crippen LogP contribution in [0.25, 0.3) is 0 Å². The summed E-state index contributed by atoms with van der Waals surface area (Å²) < 4.78 is 2.10. The molecular weight excluding hydrogens is 314 g/mol. The van der Waals surface area contributed by atoms with Gasteiger partial charge < -0.3 is 15.1 Å². The molecule has 0 aromatic carbocycles. The summed E-state index contributed by atoms with van der Waals surface area (Å²) in [7, 11) is 6.26. The van der Waals surface area contributed by atoms with Crippen LogP contribution in [-0.2, 0) is 18.9 Å². The summed E-state index contributed by atoms with van der Waals surface area (Å²) in [6.07, 6.45) is 0. The maximum Gasteiger partial charge on any atom is 0.331 e. The lowest BCUT2D eigenvalue weighted by atomic mass is 10.1. The number of aromatic nitrogens is 2. The Hall–Kier alpha value is -2.42. The average Bonchev–Trinajstić information content (AvgIpc) is 2.76. The third kappa shape index (κ3) is 3.40. The molecule has 0 spiro atoms. The Bertz CT molecular complexity index is 766. The van der Waals surface area contributed by atoms with Crippen molar-refractivity contribution in [2.24, 2.45) is 20.0 Å². The second-order valence-electron chi connectivity index (χ2n) is 6.09. The van der Waals surface area contributed by atoms with Crippen LogP contribution in [0, 0.1) is 5.92 Å². The number of nitrogens with zero attached hydrogens (tertiary/aromatic N) is 4. The van der Waals surface area contributed by atoms with E-state index >= 15 is 0 Å². The van der Waals surface area contributed by atoms with E-state index in [0.717, 1.165) is 15.2 Å². The van der Waals surface area contributed by atoms with Gasteiger partial charge in [-0.25, -0.2) is 4.79 Å². The molecule has 0 unspecified atom stereocenters. The minimum atomic E-state index is -0.555. The zero-order chi connectivity index (χ0) is 18.0. The smallest absolute Gasteiger partial charge is 0.331 e. The molecule has 1 aromatic heterocycles. The zero-order valence-corrected chi connectivity index (χ0v) is 14.4. The lowest BCUT2D eigenvalue weighted by Gasteiger charge is -2.24. The maximum atomic E-state index is 12.8. The van der Waals surface area contributed by atoms with E-state index in [-0.39, 0.29) is 24.1 Å². The molecule has 0 bridgehead atoms. The highest BCUT2D eigenvalue weighted by Gasteiger charge is 2.30. The van der Waals surface area contributed by atoms with Crippen molar-refractivity contribution < 1.29 is 9.59 Å². The Morgan fingerprint density at radius 2 is 1.75 bits per heavy atom. The van der Waals surface area contributed by atoms with Gasteiger partial charge in [0.2, 0.25) is 5.91 Å². The summed E-state index contributed by atoms with van der Waals surface area (Å²) >= 11 is 0. The Balaban J connectivity index is 2.36. The molecule has 1 aliphatic rings. The lowest BCUT2D eigenvalue weighted by molar-refractivity contribution is -0.125. The SMILES string of the molecule is CNC(=O)[C@@H]1CN(C)CCN(C(=O)c2cc(=O)n(C)c(=O)n2C)C1. The van der Waals surface area contributed by atoms with E-state index in [9.17, 15) is 19.2 Å². The topological polar surface area (TPSA) is 96.7 Å². The minimum Gasteiger partial charge on any atom is -0.359 e. The van der Waals surface area contributed by atoms with Crippen molar-refractivity contribution in [3.8, 4) is 0 Å². The summed E-state index contributed by atoms with van der Waals surface area (Å²) in [5, 5.41) is 2.61. The molecule has 1 saturated heterocycles. The van der Waals surface area contributed by atoms with E-state index in [1.807, 2.05) is 11.9 Å². The van der Waals surface area contributed by atoms with Gasteiger partial charge in [0, 0.05) is 53.4 Å². The Labute approximate surface area is 139 Å². The van der Waals surface area contributed by atoms with Crippen molar-refractivity contribution >= 4 is 11.8 Å². The van der Waals surface area contributed by atoms with Crippen molar-refractivity contribution in [2.75, 3.05) is 40.3 Å². The Morgan fingerprint density at radius 1 is 1.08 bits per heavy atom. The van der Waals surface area contributed by atoms with Gasteiger partial charge in [-0.1, -0.05) is 0 Å². The van der Waals surface area contributed by atoms with Gasteiger partial charge in [0.25, 0.3) is 11.5 Å². The third-order valence-electron chi connectivity index (χ3n) is 4.37. The second-order valence-corrected chi connectivity index (χ2v) is 6.09. The first-order valence-electron chi connectivity index (χ1n) is 7.72. The van der Waals surface area contributed by atoms with Crippen LogP contribution in [-0.4, -0.2) is 71.0 Å². The summed E-state index contributed by atoms with van der Waals surface area (Å²) in [6, 6.07) is 1.16. The number of amides is 2. The predicted molar refractivity (Wildman–Crippen MR) is 87.9 cm³/mol. The fourth-order valence-corrected chi connectivity index (χ4v) is 2.83. The molecule has 0 saturated carbocycles. The molecule has 2 amide bonds. The van der Waals surface area contributed by atoms with Crippen LogP contribution in [0.2, 0.25) is 0 Å². The number of hydrogen-bond acceptors (Lipinski definition) is 5. The van der Waals surface area contributed by atoms with Gasteiger partial charge in [-0.15, -0.1) is 0 Å². The molecule has 1 aromatic rings. The van der Waals surface area contributed by atoms with Gasteiger partial charge in [-0.2, -0.15) is 0 Å². The van der Waals surface area contributed by atoms with Crippen molar-refractivity contribution in [3.05, 3.63) is 32.6 Å². The van der Waals surface area contributed by atoms with Gasteiger partial charge in [0.05, 0.1) is 5.92 Å². The largest absolute Gasteiger partial charge is 0.359 e. The van der Waals surface area contributed by atoms with E-state index in [4.69, 9.17) is 0 Å². The van der Waals surface area contributed by atoms with Crippen LogP contribution in [0.1, 0.15) is 10.5 Å². The van der Waals surface area contributed by atoms with Crippen LogP contribution in [0.4, 0.5) is 0 Å². The third-order valence-corrected chi connectivity index (χ3v) is 4.37. The molecule has 1 fully saturated rings. The van der Waals surface area contributed by atoms with E-state index in [1.165, 1.54) is 19.0 Å². The normalized spacial score (nSPS) is 19.0. The number of nitrogens with one attached hydrogen (secondary N) is 1. The van der Waals surface area contributed by atoms with Gasteiger partial charge >= 0.3 is 5.69 Å². The van der Waals surface area contributed by atoms with Gasteiger partial charge in [0.1, 0.15) is 5.69 Å².